The summed E-state index contributed by atoms with van der Waals surface area (Å²) in [5.41, 5.74) is 2.79. The zero-order valence-electron chi connectivity index (χ0n) is 14.4. The molecule has 0 N–H and O–H groups in total. The summed E-state index contributed by atoms with van der Waals surface area (Å²) >= 11 is 0. The van der Waals surface area contributed by atoms with E-state index in [1.165, 1.54) is 19.3 Å². The quantitative estimate of drug-likeness (QED) is 0.854. The lowest BCUT2D eigenvalue weighted by atomic mass is 9.86. The average Bonchev–Trinajstić information content (AvgIpc) is 2.67. The number of carbonyl (C=O) groups excluding carboxylic acids is 1. The summed E-state index contributed by atoms with van der Waals surface area (Å²) in [6.07, 6.45) is 11.0. The predicted octanol–water partition coefficient (Wildman–Crippen LogP) is 3.93. The van der Waals surface area contributed by atoms with Crippen LogP contribution in [0.5, 0.6) is 0 Å². The molecule has 4 heteroatoms. The third-order valence-corrected chi connectivity index (χ3v) is 5.06. The van der Waals surface area contributed by atoms with E-state index in [0.717, 1.165) is 36.7 Å². The second-order valence-electron chi connectivity index (χ2n) is 6.94. The Balaban J connectivity index is 1.54. The second kappa shape index (κ2) is 7.18. The fourth-order valence-electron chi connectivity index (χ4n) is 3.66. The van der Waals surface area contributed by atoms with E-state index < -0.39 is 0 Å². The third-order valence-electron chi connectivity index (χ3n) is 5.06. The molecule has 0 bridgehead atoms. The molecule has 1 fully saturated rings. The van der Waals surface area contributed by atoms with Gasteiger partial charge in [0.2, 0.25) is 5.95 Å². The first kappa shape index (κ1) is 16.0. The van der Waals surface area contributed by atoms with Crippen molar-refractivity contribution in [1.29, 1.82) is 0 Å². The van der Waals surface area contributed by atoms with Gasteiger partial charge in [0.1, 0.15) is 0 Å². The molecule has 1 aromatic heterocycles. The molecule has 0 amide bonds. The Morgan fingerprint density at radius 1 is 1.04 bits per heavy atom. The zero-order chi connectivity index (χ0) is 17.1. The SMILES string of the molecule is O=C1C[C@@H](/C=C/c2ccccc2)Cc2nc(N3CCCCC3)ncc21. The highest BCUT2D eigenvalue weighted by Crippen LogP contribution is 2.27. The van der Waals surface area contributed by atoms with Crippen LogP contribution in [0.25, 0.3) is 6.08 Å². The average molecular weight is 333 g/mol. The number of hydrogen-bond donors (Lipinski definition) is 0. The smallest absolute Gasteiger partial charge is 0.225 e. The van der Waals surface area contributed by atoms with E-state index in [2.05, 4.69) is 34.2 Å². The first-order valence-electron chi connectivity index (χ1n) is 9.17. The molecule has 4 rings (SSSR count). The Kier molecular flexibility index (Phi) is 4.59. The summed E-state index contributed by atoms with van der Waals surface area (Å²) in [6.45, 7) is 2.04. The maximum Gasteiger partial charge on any atom is 0.225 e. The molecule has 2 aliphatic rings. The number of rotatable bonds is 3. The number of hydrogen-bond acceptors (Lipinski definition) is 4. The Hall–Kier alpha value is -2.49. The number of allylic oxidation sites excluding steroid dienone is 1. The first-order chi connectivity index (χ1) is 12.3. The van der Waals surface area contributed by atoms with E-state index in [-0.39, 0.29) is 11.7 Å². The number of benzene rings is 1. The van der Waals surface area contributed by atoms with Crippen LogP contribution < -0.4 is 4.90 Å². The summed E-state index contributed by atoms with van der Waals surface area (Å²) < 4.78 is 0. The standard InChI is InChI=1S/C21H23N3O/c25-20-14-17(10-9-16-7-3-1-4-8-16)13-19-18(20)15-22-21(23-19)24-11-5-2-6-12-24/h1,3-4,7-10,15,17H,2,5-6,11-14H2/b10-9+/t17-/m0/s1. The molecule has 0 radical (unpaired) electrons. The predicted molar refractivity (Wildman–Crippen MR) is 99.7 cm³/mol. The largest absolute Gasteiger partial charge is 0.341 e. The molecule has 2 heterocycles. The highest BCUT2D eigenvalue weighted by atomic mass is 16.1. The molecule has 2 aromatic rings. The van der Waals surface area contributed by atoms with E-state index >= 15 is 0 Å². The van der Waals surface area contributed by atoms with Crippen LogP contribution in [0.3, 0.4) is 0 Å². The normalized spacial score (nSPS) is 20.7. The fraction of sp³-hybridized carbons (Fsp3) is 0.381. The molecule has 0 saturated carbocycles. The number of Topliss-reactive ketones (excluding diaryl/α,β-unsaturated/α-hetero) is 1. The number of nitrogens with zero attached hydrogens (tertiary/aromatic N) is 3. The molecular weight excluding hydrogens is 310 g/mol. The van der Waals surface area contributed by atoms with Gasteiger partial charge >= 0.3 is 0 Å². The molecule has 25 heavy (non-hydrogen) atoms. The van der Waals surface area contributed by atoms with Gasteiger partial charge in [0, 0.05) is 25.7 Å². The van der Waals surface area contributed by atoms with Gasteiger partial charge in [-0.25, -0.2) is 9.97 Å². The minimum Gasteiger partial charge on any atom is -0.341 e. The van der Waals surface area contributed by atoms with Gasteiger partial charge < -0.3 is 4.90 Å². The number of carbonyl (C=O) groups is 1. The fourth-order valence-corrected chi connectivity index (χ4v) is 3.66. The summed E-state index contributed by atoms with van der Waals surface area (Å²) in [7, 11) is 0. The van der Waals surface area contributed by atoms with Gasteiger partial charge in [-0.1, -0.05) is 42.5 Å². The van der Waals surface area contributed by atoms with Crippen molar-refractivity contribution in [2.24, 2.45) is 5.92 Å². The minimum atomic E-state index is 0.161. The number of fused-ring (bicyclic) bond motifs is 1. The van der Waals surface area contributed by atoms with E-state index in [1.54, 1.807) is 6.20 Å². The Morgan fingerprint density at radius 2 is 1.84 bits per heavy atom. The van der Waals surface area contributed by atoms with Crippen molar-refractivity contribution < 1.29 is 4.79 Å². The van der Waals surface area contributed by atoms with E-state index in [0.29, 0.717) is 12.0 Å². The van der Waals surface area contributed by atoms with Gasteiger partial charge in [0.05, 0.1) is 11.3 Å². The van der Waals surface area contributed by atoms with E-state index in [4.69, 9.17) is 4.98 Å². The monoisotopic (exact) mass is 333 g/mol. The van der Waals surface area contributed by atoms with Crippen LogP contribution in [0.1, 0.15) is 47.3 Å². The van der Waals surface area contributed by atoms with Crippen molar-refractivity contribution in [1.82, 2.24) is 9.97 Å². The van der Waals surface area contributed by atoms with E-state index in [1.807, 2.05) is 18.2 Å². The molecule has 1 aromatic carbocycles. The van der Waals surface area contributed by atoms with Crippen molar-refractivity contribution in [3.05, 3.63) is 59.4 Å². The summed E-state index contributed by atoms with van der Waals surface area (Å²) in [4.78, 5) is 23.9. The van der Waals surface area contributed by atoms with Crippen LogP contribution in [0.2, 0.25) is 0 Å². The summed E-state index contributed by atoms with van der Waals surface area (Å²) in [5.74, 6) is 1.16. The highest BCUT2D eigenvalue weighted by molar-refractivity contribution is 5.98. The Bertz CT molecular complexity index is 779. The van der Waals surface area contributed by atoms with Crippen molar-refractivity contribution in [2.45, 2.75) is 32.1 Å². The van der Waals surface area contributed by atoms with Gasteiger partial charge in [-0.2, -0.15) is 0 Å². The highest BCUT2D eigenvalue weighted by Gasteiger charge is 2.26. The van der Waals surface area contributed by atoms with Gasteiger partial charge in [-0.05, 0) is 37.2 Å². The van der Waals surface area contributed by atoms with Gasteiger partial charge in [0.15, 0.2) is 5.78 Å². The lowest BCUT2D eigenvalue weighted by Gasteiger charge is -2.28. The molecule has 1 aliphatic heterocycles. The molecule has 0 unspecified atom stereocenters. The van der Waals surface area contributed by atoms with Crippen LogP contribution in [0, 0.1) is 5.92 Å². The minimum absolute atomic E-state index is 0.161. The van der Waals surface area contributed by atoms with Crippen molar-refractivity contribution in [3.8, 4) is 0 Å². The van der Waals surface area contributed by atoms with Gasteiger partial charge in [-0.3, -0.25) is 4.79 Å². The van der Waals surface area contributed by atoms with Crippen LogP contribution >= 0.6 is 0 Å². The number of anilines is 1. The van der Waals surface area contributed by atoms with Crippen LogP contribution in [-0.4, -0.2) is 28.8 Å². The van der Waals surface area contributed by atoms with Crippen molar-refractivity contribution >= 4 is 17.8 Å². The Labute approximate surface area is 148 Å². The number of piperidine rings is 1. The molecule has 0 spiro atoms. The molecule has 1 aliphatic carbocycles. The number of aromatic nitrogens is 2. The summed E-state index contributed by atoms with van der Waals surface area (Å²) in [5, 5.41) is 0. The molecule has 4 nitrogen and oxygen atoms in total. The molecule has 128 valence electrons. The second-order valence-corrected chi connectivity index (χ2v) is 6.94. The summed E-state index contributed by atoms with van der Waals surface area (Å²) in [6, 6.07) is 10.2. The lowest BCUT2D eigenvalue weighted by molar-refractivity contribution is 0.0957. The number of ketones is 1. The van der Waals surface area contributed by atoms with Gasteiger partial charge in [0.25, 0.3) is 0 Å². The topological polar surface area (TPSA) is 46.1 Å². The van der Waals surface area contributed by atoms with Crippen LogP contribution in [0.4, 0.5) is 5.95 Å². The Morgan fingerprint density at radius 3 is 2.64 bits per heavy atom. The van der Waals surface area contributed by atoms with Crippen molar-refractivity contribution in [3.63, 3.8) is 0 Å². The molecule has 1 saturated heterocycles. The lowest BCUT2D eigenvalue weighted by Crippen LogP contribution is -2.32. The van der Waals surface area contributed by atoms with Crippen molar-refractivity contribution in [2.75, 3.05) is 18.0 Å². The van der Waals surface area contributed by atoms with Gasteiger partial charge in [-0.15, -0.1) is 0 Å². The maximum absolute atomic E-state index is 12.5. The van der Waals surface area contributed by atoms with E-state index in [9.17, 15) is 4.79 Å². The zero-order valence-corrected chi connectivity index (χ0v) is 14.4. The third kappa shape index (κ3) is 3.63. The van der Waals surface area contributed by atoms with Crippen LogP contribution in [0.15, 0.2) is 42.6 Å². The van der Waals surface area contributed by atoms with Crippen LogP contribution in [-0.2, 0) is 6.42 Å². The molecule has 1 atom stereocenters. The first-order valence-corrected chi connectivity index (χ1v) is 9.17. The maximum atomic E-state index is 12.5. The molecular formula is C21H23N3O.